The lowest BCUT2D eigenvalue weighted by atomic mass is 9.88. The number of aromatic nitrogens is 2. The number of aryl methyl sites for hydroxylation is 3. The van der Waals surface area contributed by atoms with Gasteiger partial charge >= 0.3 is 0 Å². The largest absolute Gasteiger partial charge is 0.508 e. The van der Waals surface area contributed by atoms with Crippen molar-refractivity contribution in [3.05, 3.63) is 148 Å². The molecule has 7 rings (SSSR count). The van der Waals surface area contributed by atoms with Crippen molar-refractivity contribution in [2.45, 2.75) is 31.6 Å². The lowest BCUT2D eigenvalue weighted by Crippen LogP contribution is -2.12. The normalized spacial score (nSPS) is 14.1. The second kappa shape index (κ2) is 11.5. The van der Waals surface area contributed by atoms with Crippen molar-refractivity contribution >= 4 is 44.2 Å². The van der Waals surface area contributed by atoms with E-state index in [2.05, 4.69) is 22.1 Å². The Morgan fingerprint density at radius 3 is 2.32 bits per heavy atom. The maximum Gasteiger partial charge on any atom is 0.268 e. The number of rotatable bonds is 5. The number of amides is 1. The Hall–Kier alpha value is -5.78. The predicted molar refractivity (Wildman–Crippen MR) is 186 cm³/mol. The van der Waals surface area contributed by atoms with E-state index in [9.17, 15) is 18.3 Å². The molecule has 0 fully saturated rings. The number of benzene rings is 4. The van der Waals surface area contributed by atoms with Crippen LogP contribution in [-0.4, -0.2) is 28.4 Å². The molecule has 0 saturated carbocycles. The molecule has 6 aromatic rings. The molecule has 1 unspecified atom stereocenters. The minimum atomic E-state index is -3.98. The summed E-state index contributed by atoms with van der Waals surface area (Å²) >= 11 is 0. The molecule has 8 heteroatoms. The predicted octanol–water partition coefficient (Wildman–Crippen LogP) is 7.51. The van der Waals surface area contributed by atoms with Gasteiger partial charge in [-0.3, -0.25) is 4.79 Å². The van der Waals surface area contributed by atoms with Gasteiger partial charge in [-0.15, -0.1) is 0 Å². The number of H-pyrrole nitrogens is 1. The first-order valence-corrected chi connectivity index (χ1v) is 16.6. The molecule has 4 aromatic carbocycles. The van der Waals surface area contributed by atoms with Crippen LogP contribution in [0.1, 0.15) is 50.7 Å². The van der Waals surface area contributed by atoms with Crippen molar-refractivity contribution < 1.29 is 18.3 Å². The third-order valence-electron chi connectivity index (χ3n) is 8.47. The molecule has 0 radical (unpaired) electrons. The molecule has 2 aromatic heterocycles. The maximum atomic E-state index is 14.0. The van der Waals surface area contributed by atoms with Gasteiger partial charge in [0.05, 0.1) is 27.6 Å². The van der Waals surface area contributed by atoms with Gasteiger partial charge in [-0.2, -0.15) is 0 Å². The zero-order valence-electron chi connectivity index (χ0n) is 26.0. The fraction of sp³-hybridized carbons (Fsp3) is 0.103. The van der Waals surface area contributed by atoms with E-state index in [0.717, 1.165) is 28.1 Å². The van der Waals surface area contributed by atoms with Crippen LogP contribution in [0.4, 0.5) is 5.69 Å². The Labute approximate surface area is 273 Å². The fourth-order valence-electron chi connectivity index (χ4n) is 6.09. The molecule has 47 heavy (non-hydrogen) atoms. The second-order valence-corrected chi connectivity index (χ2v) is 13.6. The molecule has 0 spiro atoms. The standard InChI is InChI=1S/C39H31N3O4S/c1-24-13-16-28(17-14-24)47(45,46)42-23-34(30-11-7-8-12-37(30)42)29(18-15-27-9-5-4-6-10-27)32-20-31-33(21-35-25(2)19-26(3)40-35)39(44)41-36(31)22-38(32)43/h4-14,16-17,19-23,29,40,43H,1-3H3,(H,41,44)/b33-21-. The molecule has 0 aliphatic carbocycles. The zero-order chi connectivity index (χ0) is 32.9. The fourth-order valence-corrected chi connectivity index (χ4v) is 7.47. The highest BCUT2D eigenvalue weighted by Crippen LogP contribution is 2.43. The van der Waals surface area contributed by atoms with E-state index >= 15 is 0 Å². The molecule has 1 aliphatic rings. The van der Waals surface area contributed by atoms with E-state index in [4.69, 9.17) is 0 Å². The number of nitrogens with one attached hydrogen (secondary N) is 2. The van der Waals surface area contributed by atoms with Crippen molar-refractivity contribution in [2.24, 2.45) is 0 Å². The average Bonchev–Trinajstić information content (AvgIpc) is 3.70. The van der Waals surface area contributed by atoms with E-state index in [1.165, 1.54) is 10.0 Å². The van der Waals surface area contributed by atoms with Gasteiger partial charge in [0.25, 0.3) is 15.9 Å². The van der Waals surface area contributed by atoms with Gasteiger partial charge in [-0.1, -0.05) is 65.9 Å². The minimum Gasteiger partial charge on any atom is -0.508 e. The number of aromatic amines is 1. The Morgan fingerprint density at radius 1 is 0.872 bits per heavy atom. The van der Waals surface area contributed by atoms with E-state index in [0.29, 0.717) is 38.9 Å². The van der Waals surface area contributed by atoms with E-state index in [-0.39, 0.29) is 16.6 Å². The summed E-state index contributed by atoms with van der Waals surface area (Å²) in [6.07, 6.45) is 3.41. The zero-order valence-corrected chi connectivity index (χ0v) is 26.8. The van der Waals surface area contributed by atoms with Crippen LogP contribution in [-0.2, 0) is 14.8 Å². The van der Waals surface area contributed by atoms with Crippen LogP contribution in [0.2, 0.25) is 0 Å². The number of nitrogens with zero attached hydrogens (tertiary/aromatic N) is 1. The topological polar surface area (TPSA) is 104 Å². The second-order valence-electron chi connectivity index (χ2n) is 11.8. The van der Waals surface area contributed by atoms with Crippen molar-refractivity contribution in [3.8, 4) is 17.6 Å². The molecule has 7 nitrogen and oxygen atoms in total. The first-order valence-electron chi connectivity index (χ1n) is 15.2. The molecular weight excluding hydrogens is 607 g/mol. The van der Waals surface area contributed by atoms with Gasteiger partial charge in [0.15, 0.2) is 0 Å². The quantitative estimate of drug-likeness (QED) is 0.134. The van der Waals surface area contributed by atoms with Crippen LogP contribution in [0.15, 0.2) is 108 Å². The molecular formula is C39H31N3O4S. The lowest BCUT2D eigenvalue weighted by molar-refractivity contribution is -0.110. The molecule has 3 heterocycles. The number of hydrogen-bond donors (Lipinski definition) is 3. The summed E-state index contributed by atoms with van der Waals surface area (Å²) in [6.45, 7) is 5.84. The van der Waals surface area contributed by atoms with Crippen molar-refractivity contribution in [3.63, 3.8) is 0 Å². The summed E-state index contributed by atoms with van der Waals surface area (Å²) < 4.78 is 29.4. The highest BCUT2D eigenvalue weighted by Gasteiger charge is 2.30. The summed E-state index contributed by atoms with van der Waals surface area (Å²) in [6, 6.07) is 28.8. The van der Waals surface area contributed by atoms with Gasteiger partial charge < -0.3 is 15.4 Å². The first kappa shape index (κ1) is 29.9. The number of aromatic hydroxyl groups is 1. The molecule has 232 valence electrons. The SMILES string of the molecule is Cc1ccc(S(=O)(=O)n2cc(C(C#Cc3ccccc3)c3cc4c(cc3O)NC(=O)/C4=C\c3[nH]c(C)cc3C)c3ccccc32)cc1. The lowest BCUT2D eigenvalue weighted by Gasteiger charge is -2.15. The number of hydrogen-bond acceptors (Lipinski definition) is 4. The third-order valence-corrected chi connectivity index (χ3v) is 10.2. The Bertz CT molecular complexity index is 2410. The van der Waals surface area contributed by atoms with Crippen LogP contribution < -0.4 is 5.32 Å². The van der Waals surface area contributed by atoms with Gasteiger partial charge in [-0.05, 0) is 80.4 Å². The summed E-state index contributed by atoms with van der Waals surface area (Å²) in [5.41, 5.74) is 7.63. The number of fused-ring (bicyclic) bond motifs is 2. The summed E-state index contributed by atoms with van der Waals surface area (Å²) in [5.74, 6) is 5.47. The van der Waals surface area contributed by atoms with Crippen LogP contribution in [0, 0.1) is 32.6 Å². The summed E-state index contributed by atoms with van der Waals surface area (Å²) in [4.78, 5) is 16.7. The highest BCUT2D eigenvalue weighted by atomic mass is 32.2. The maximum absolute atomic E-state index is 14.0. The number of phenolic OH excluding ortho intramolecular Hbond substituents is 1. The number of carbonyl (C=O) groups is 1. The van der Waals surface area contributed by atoms with Crippen LogP contribution in [0.3, 0.4) is 0 Å². The number of anilines is 1. The van der Waals surface area contributed by atoms with E-state index in [1.807, 2.05) is 75.4 Å². The summed E-state index contributed by atoms with van der Waals surface area (Å²) in [5, 5.41) is 15.0. The highest BCUT2D eigenvalue weighted by molar-refractivity contribution is 7.90. The van der Waals surface area contributed by atoms with Crippen molar-refractivity contribution in [2.75, 3.05) is 5.32 Å². The Morgan fingerprint density at radius 2 is 1.60 bits per heavy atom. The Kier molecular flexibility index (Phi) is 7.34. The van der Waals surface area contributed by atoms with Crippen molar-refractivity contribution in [1.82, 2.24) is 8.96 Å². The van der Waals surface area contributed by atoms with Gasteiger partial charge in [-0.25, -0.2) is 12.4 Å². The smallest absolute Gasteiger partial charge is 0.268 e. The minimum absolute atomic E-state index is 0.0669. The molecule has 1 amide bonds. The average molecular weight is 638 g/mol. The molecule has 0 bridgehead atoms. The molecule has 0 saturated heterocycles. The molecule has 1 aliphatic heterocycles. The number of para-hydroxylation sites is 1. The van der Waals surface area contributed by atoms with E-state index < -0.39 is 15.9 Å². The Balaban J connectivity index is 1.45. The summed E-state index contributed by atoms with van der Waals surface area (Å²) in [7, 11) is -3.98. The van der Waals surface area contributed by atoms with E-state index in [1.54, 1.807) is 48.7 Å². The molecule has 3 N–H and O–H groups in total. The monoisotopic (exact) mass is 637 g/mol. The van der Waals surface area contributed by atoms with Gasteiger partial charge in [0, 0.05) is 45.7 Å². The van der Waals surface area contributed by atoms with Gasteiger partial charge in [0.1, 0.15) is 5.75 Å². The number of phenols is 1. The number of carbonyl (C=O) groups excluding carboxylic acids is 1. The first-order chi connectivity index (χ1) is 22.6. The molecule has 1 atom stereocenters. The van der Waals surface area contributed by atoms with Crippen LogP contribution in [0.5, 0.6) is 5.75 Å². The third kappa shape index (κ3) is 5.41. The van der Waals surface area contributed by atoms with Gasteiger partial charge in [0.2, 0.25) is 0 Å². The van der Waals surface area contributed by atoms with Crippen molar-refractivity contribution in [1.29, 1.82) is 0 Å². The van der Waals surface area contributed by atoms with Crippen LogP contribution >= 0.6 is 0 Å². The van der Waals surface area contributed by atoms with Crippen LogP contribution in [0.25, 0.3) is 22.6 Å².